The van der Waals surface area contributed by atoms with Gasteiger partial charge in [0.05, 0.1) is 6.10 Å². The Morgan fingerprint density at radius 1 is 1.40 bits per heavy atom. The summed E-state index contributed by atoms with van der Waals surface area (Å²) >= 11 is 0. The molecule has 62 valence electrons. The van der Waals surface area contributed by atoms with Crippen molar-refractivity contribution in [1.82, 2.24) is 0 Å². The summed E-state index contributed by atoms with van der Waals surface area (Å²) in [7, 11) is 0. The van der Waals surface area contributed by atoms with Gasteiger partial charge < -0.3 is 4.74 Å². The van der Waals surface area contributed by atoms with Gasteiger partial charge in [0.1, 0.15) is 0 Å². The summed E-state index contributed by atoms with van der Waals surface area (Å²) < 4.78 is 5.19. The second kappa shape index (κ2) is 5.72. The third-order valence-electron chi connectivity index (χ3n) is 1.48. The number of rotatable bonds is 1. The first-order chi connectivity index (χ1) is 4.72. The highest BCUT2D eigenvalue weighted by Gasteiger charge is 2.20. The second-order valence-electron chi connectivity index (χ2n) is 3.15. The maximum atomic E-state index is 5.19. The highest BCUT2D eigenvalue weighted by molar-refractivity contribution is 4.68. The molecule has 0 N–H and O–H groups in total. The van der Waals surface area contributed by atoms with E-state index in [1.807, 2.05) is 0 Å². The van der Waals surface area contributed by atoms with Crippen molar-refractivity contribution >= 4 is 0 Å². The Hall–Kier alpha value is -0.0400. The van der Waals surface area contributed by atoms with E-state index in [1.165, 1.54) is 12.8 Å². The molecule has 1 aliphatic rings. The van der Waals surface area contributed by atoms with E-state index < -0.39 is 0 Å². The Kier molecular flexibility index (Phi) is 5.70. The van der Waals surface area contributed by atoms with Crippen molar-refractivity contribution in [3.8, 4) is 0 Å². The lowest BCUT2D eigenvalue weighted by Gasteiger charge is -2.29. The molecule has 0 bridgehead atoms. The van der Waals surface area contributed by atoms with E-state index in [0.29, 0.717) is 6.10 Å². The van der Waals surface area contributed by atoms with Crippen molar-refractivity contribution in [2.75, 3.05) is 6.61 Å². The molecule has 1 aliphatic heterocycles. The Morgan fingerprint density at radius 3 is 1.80 bits per heavy atom. The molecule has 0 aromatic heterocycles. The van der Waals surface area contributed by atoms with E-state index in [2.05, 4.69) is 27.7 Å². The molecular formula is C9H20O. The van der Waals surface area contributed by atoms with Crippen LogP contribution in [0.5, 0.6) is 0 Å². The summed E-state index contributed by atoms with van der Waals surface area (Å²) in [5, 5.41) is 0. The second-order valence-corrected chi connectivity index (χ2v) is 3.15. The summed E-state index contributed by atoms with van der Waals surface area (Å²) in [4.78, 5) is 0. The molecule has 0 aromatic rings. The molecule has 1 saturated heterocycles. The molecule has 1 heterocycles. The fourth-order valence-corrected chi connectivity index (χ4v) is 0.780. The standard InChI is InChI=1S/C6H12O.C3H8/c1-5(2)6-3-4-7-6;1-3-2/h5-6H,3-4H2,1-2H3;3H2,1-2H3. The van der Waals surface area contributed by atoms with E-state index >= 15 is 0 Å². The predicted octanol–water partition coefficient (Wildman–Crippen LogP) is 2.85. The van der Waals surface area contributed by atoms with Crippen LogP contribution in [0, 0.1) is 5.92 Å². The van der Waals surface area contributed by atoms with E-state index in [1.54, 1.807) is 0 Å². The molecular weight excluding hydrogens is 124 g/mol. The van der Waals surface area contributed by atoms with Gasteiger partial charge in [-0.05, 0) is 12.3 Å². The first-order valence-electron chi connectivity index (χ1n) is 4.33. The van der Waals surface area contributed by atoms with E-state index in [9.17, 15) is 0 Å². The lowest BCUT2D eigenvalue weighted by atomic mass is 10.0. The Labute approximate surface area is 64.8 Å². The lowest BCUT2D eigenvalue weighted by Crippen LogP contribution is -2.31. The minimum Gasteiger partial charge on any atom is -0.378 e. The van der Waals surface area contributed by atoms with Crippen LogP contribution in [0.15, 0.2) is 0 Å². The SMILES string of the molecule is CC(C)C1CCO1.CCC. The number of hydrogen-bond acceptors (Lipinski definition) is 1. The maximum Gasteiger partial charge on any atom is 0.0619 e. The average Bonchev–Trinajstić information content (AvgIpc) is 1.59. The summed E-state index contributed by atoms with van der Waals surface area (Å²) in [5.74, 6) is 0.730. The van der Waals surface area contributed by atoms with Crippen LogP contribution < -0.4 is 0 Å². The molecule has 1 heteroatoms. The zero-order valence-corrected chi connectivity index (χ0v) is 7.68. The molecule has 0 aliphatic carbocycles. The van der Waals surface area contributed by atoms with E-state index in [4.69, 9.17) is 4.74 Å². The smallest absolute Gasteiger partial charge is 0.0619 e. The van der Waals surface area contributed by atoms with E-state index in [0.717, 1.165) is 12.5 Å². The Bertz CT molecular complexity index is 65.1. The van der Waals surface area contributed by atoms with E-state index in [-0.39, 0.29) is 0 Å². The van der Waals surface area contributed by atoms with Crippen molar-refractivity contribution in [2.24, 2.45) is 5.92 Å². The van der Waals surface area contributed by atoms with Crippen molar-refractivity contribution in [3.63, 3.8) is 0 Å². The maximum absolute atomic E-state index is 5.19. The summed E-state index contributed by atoms with van der Waals surface area (Å²) in [6, 6.07) is 0. The number of ether oxygens (including phenoxy) is 1. The largest absolute Gasteiger partial charge is 0.378 e. The van der Waals surface area contributed by atoms with Crippen LogP contribution in [0.25, 0.3) is 0 Å². The normalized spacial score (nSPS) is 23.1. The minimum atomic E-state index is 0.583. The van der Waals surface area contributed by atoms with Crippen LogP contribution in [-0.2, 0) is 4.74 Å². The van der Waals surface area contributed by atoms with Crippen LogP contribution in [0.3, 0.4) is 0 Å². The van der Waals surface area contributed by atoms with Crippen LogP contribution in [0.1, 0.15) is 40.5 Å². The van der Waals surface area contributed by atoms with Gasteiger partial charge in [-0.25, -0.2) is 0 Å². The van der Waals surface area contributed by atoms with Gasteiger partial charge in [0.15, 0.2) is 0 Å². The molecule has 0 saturated carbocycles. The van der Waals surface area contributed by atoms with Crippen LogP contribution in [-0.4, -0.2) is 12.7 Å². The van der Waals surface area contributed by atoms with Gasteiger partial charge in [0.25, 0.3) is 0 Å². The molecule has 1 nitrogen and oxygen atoms in total. The zero-order valence-electron chi connectivity index (χ0n) is 7.68. The third kappa shape index (κ3) is 3.89. The fraction of sp³-hybridized carbons (Fsp3) is 1.00. The van der Waals surface area contributed by atoms with Crippen molar-refractivity contribution in [2.45, 2.75) is 46.6 Å². The van der Waals surface area contributed by atoms with Crippen molar-refractivity contribution < 1.29 is 4.74 Å². The van der Waals surface area contributed by atoms with Gasteiger partial charge in [-0.2, -0.15) is 0 Å². The Balaban J connectivity index is 0.000000236. The Morgan fingerprint density at radius 2 is 1.80 bits per heavy atom. The summed E-state index contributed by atoms with van der Waals surface area (Å²) in [5.41, 5.74) is 0. The molecule has 1 unspecified atom stereocenters. The molecule has 0 radical (unpaired) electrons. The fourth-order valence-electron chi connectivity index (χ4n) is 0.780. The highest BCUT2D eigenvalue weighted by Crippen LogP contribution is 2.18. The molecule has 0 aromatic carbocycles. The first kappa shape index (κ1) is 9.96. The molecule has 0 spiro atoms. The molecule has 10 heavy (non-hydrogen) atoms. The molecule has 0 amide bonds. The quantitative estimate of drug-likeness (QED) is 0.550. The lowest BCUT2D eigenvalue weighted by molar-refractivity contribution is -0.0763. The van der Waals surface area contributed by atoms with Gasteiger partial charge >= 0.3 is 0 Å². The molecule has 1 rings (SSSR count). The van der Waals surface area contributed by atoms with Crippen molar-refractivity contribution in [3.05, 3.63) is 0 Å². The summed E-state index contributed by atoms with van der Waals surface area (Å²) in [6.07, 6.45) is 3.11. The van der Waals surface area contributed by atoms with Gasteiger partial charge in [-0.3, -0.25) is 0 Å². The van der Waals surface area contributed by atoms with Gasteiger partial charge in [-0.1, -0.05) is 34.1 Å². The number of hydrogen-bond donors (Lipinski definition) is 0. The third-order valence-corrected chi connectivity index (χ3v) is 1.48. The van der Waals surface area contributed by atoms with Crippen LogP contribution in [0.4, 0.5) is 0 Å². The van der Waals surface area contributed by atoms with Crippen molar-refractivity contribution in [1.29, 1.82) is 0 Å². The minimum absolute atomic E-state index is 0.583. The van der Waals surface area contributed by atoms with Gasteiger partial charge in [0, 0.05) is 6.61 Å². The van der Waals surface area contributed by atoms with Gasteiger partial charge in [0.2, 0.25) is 0 Å². The van der Waals surface area contributed by atoms with Crippen LogP contribution in [0.2, 0.25) is 0 Å². The predicted molar refractivity (Wildman–Crippen MR) is 45.2 cm³/mol. The first-order valence-corrected chi connectivity index (χ1v) is 4.33. The average molecular weight is 144 g/mol. The van der Waals surface area contributed by atoms with Gasteiger partial charge in [-0.15, -0.1) is 0 Å². The topological polar surface area (TPSA) is 9.23 Å². The highest BCUT2D eigenvalue weighted by atomic mass is 16.5. The summed E-state index contributed by atoms with van der Waals surface area (Å²) in [6.45, 7) is 9.64. The van der Waals surface area contributed by atoms with Crippen LogP contribution >= 0.6 is 0 Å². The monoisotopic (exact) mass is 144 g/mol. The molecule has 1 fully saturated rings. The molecule has 1 atom stereocenters. The zero-order chi connectivity index (χ0) is 7.98.